The fraction of sp³-hybridized carbons (Fsp3) is 0.400. The maximum atomic E-state index is 14.0. The molecular weight excluding hydrogens is 361 g/mol. The Bertz CT molecular complexity index is 828. The maximum absolute atomic E-state index is 14.0. The van der Waals surface area contributed by atoms with Gasteiger partial charge in [0.05, 0.1) is 0 Å². The van der Waals surface area contributed by atoms with Gasteiger partial charge < -0.3 is 16.4 Å². The Labute approximate surface area is 162 Å². The molecule has 0 amide bonds. The molecule has 1 saturated heterocycles. The van der Waals surface area contributed by atoms with Gasteiger partial charge in [-0.15, -0.1) is 11.3 Å². The van der Waals surface area contributed by atoms with Gasteiger partial charge in [-0.2, -0.15) is 0 Å². The number of hydrogen-bond donors (Lipinski definition) is 3. The number of nitrogens with zero attached hydrogens (tertiary/aromatic N) is 2. The fourth-order valence-electron chi connectivity index (χ4n) is 3.91. The molecule has 3 heterocycles. The predicted octanol–water partition coefficient (Wildman–Crippen LogP) is 3.35. The lowest BCUT2D eigenvalue weighted by Gasteiger charge is -2.43. The molecule has 1 aliphatic heterocycles. The van der Waals surface area contributed by atoms with Crippen molar-refractivity contribution in [2.75, 3.05) is 25.0 Å². The van der Waals surface area contributed by atoms with Crippen molar-refractivity contribution in [2.24, 2.45) is 17.6 Å². The summed E-state index contributed by atoms with van der Waals surface area (Å²) in [5, 5.41) is 9.73. The van der Waals surface area contributed by atoms with Crippen LogP contribution in [0.25, 0.3) is 10.6 Å². The molecule has 0 spiro atoms. The number of aromatic nitrogens is 2. The van der Waals surface area contributed by atoms with Gasteiger partial charge in [-0.25, -0.2) is 9.37 Å². The summed E-state index contributed by atoms with van der Waals surface area (Å²) in [6.45, 7) is 2.45. The summed E-state index contributed by atoms with van der Waals surface area (Å²) >= 11 is 1.59. The number of pyridine rings is 1. The van der Waals surface area contributed by atoms with Gasteiger partial charge in [0.25, 0.3) is 0 Å². The molecule has 4 rings (SSSR count). The summed E-state index contributed by atoms with van der Waals surface area (Å²) in [6.07, 6.45) is 10.6. The molecule has 5 nitrogen and oxygen atoms in total. The van der Waals surface area contributed by atoms with Crippen LogP contribution in [-0.4, -0.2) is 35.1 Å². The van der Waals surface area contributed by atoms with Crippen LogP contribution in [0.4, 0.5) is 10.2 Å². The van der Waals surface area contributed by atoms with Crippen LogP contribution in [0.2, 0.25) is 0 Å². The molecule has 2 aliphatic rings. The summed E-state index contributed by atoms with van der Waals surface area (Å²) in [4.78, 5) is 8.69. The van der Waals surface area contributed by atoms with E-state index in [2.05, 4.69) is 20.6 Å². The lowest BCUT2D eigenvalue weighted by Crippen LogP contribution is -2.58. The number of piperidine rings is 1. The average molecular weight is 386 g/mol. The second-order valence-electron chi connectivity index (χ2n) is 7.19. The smallest absolute Gasteiger partial charge is 0.137 e. The van der Waals surface area contributed by atoms with Crippen molar-refractivity contribution in [3.63, 3.8) is 0 Å². The van der Waals surface area contributed by atoms with Crippen molar-refractivity contribution < 1.29 is 4.39 Å². The van der Waals surface area contributed by atoms with E-state index in [0.717, 1.165) is 42.3 Å². The second-order valence-corrected chi connectivity index (χ2v) is 8.05. The molecule has 27 heavy (non-hydrogen) atoms. The average Bonchev–Trinajstić information content (AvgIpc) is 3.18. The first-order chi connectivity index (χ1) is 13.1. The zero-order chi connectivity index (χ0) is 18.7. The highest BCUT2D eigenvalue weighted by Crippen LogP contribution is 2.36. The van der Waals surface area contributed by atoms with E-state index in [1.54, 1.807) is 29.8 Å². The van der Waals surface area contributed by atoms with E-state index in [1.165, 1.54) is 6.08 Å². The minimum atomic E-state index is -0.691. The highest BCUT2D eigenvalue weighted by Gasteiger charge is 2.41. The topological polar surface area (TPSA) is 75.9 Å². The van der Waals surface area contributed by atoms with Crippen LogP contribution in [0.5, 0.6) is 0 Å². The third-order valence-electron chi connectivity index (χ3n) is 5.46. The standard InChI is InChI=1S/C20H24FN5S/c21-17-4-3-16(20(22,10-17)15-2-1-7-24-11-15)12-25-18-13-27-19(26-18)14-5-8-23-9-6-14/h3-6,8-10,13,15-16,24-25H,1-2,7,11-12,22H2. The van der Waals surface area contributed by atoms with Crippen LogP contribution in [0.1, 0.15) is 12.8 Å². The van der Waals surface area contributed by atoms with Crippen molar-refractivity contribution in [1.29, 1.82) is 0 Å². The second kappa shape index (κ2) is 7.88. The summed E-state index contributed by atoms with van der Waals surface area (Å²) < 4.78 is 14.0. The molecule has 7 heteroatoms. The zero-order valence-electron chi connectivity index (χ0n) is 15.1. The highest BCUT2D eigenvalue weighted by molar-refractivity contribution is 7.13. The Morgan fingerprint density at radius 3 is 3.00 bits per heavy atom. The Morgan fingerprint density at radius 2 is 2.22 bits per heavy atom. The minimum absolute atomic E-state index is 0.00738. The van der Waals surface area contributed by atoms with E-state index >= 15 is 0 Å². The molecule has 3 atom stereocenters. The number of anilines is 1. The third-order valence-corrected chi connectivity index (χ3v) is 6.35. The van der Waals surface area contributed by atoms with E-state index in [-0.39, 0.29) is 17.7 Å². The van der Waals surface area contributed by atoms with Gasteiger partial charge in [-0.3, -0.25) is 4.98 Å². The van der Waals surface area contributed by atoms with E-state index < -0.39 is 5.54 Å². The van der Waals surface area contributed by atoms with Gasteiger partial charge in [-0.05, 0) is 49.6 Å². The van der Waals surface area contributed by atoms with Gasteiger partial charge in [0.2, 0.25) is 0 Å². The molecule has 0 bridgehead atoms. The molecule has 2 aromatic rings. The Balaban J connectivity index is 1.46. The van der Waals surface area contributed by atoms with Crippen molar-refractivity contribution in [3.05, 3.63) is 54.0 Å². The molecule has 2 aromatic heterocycles. The van der Waals surface area contributed by atoms with Crippen LogP contribution in [0, 0.1) is 11.8 Å². The lowest BCUT2D eigenvalue weighted by atomic mass is 9.69. The number of thiazole rings is 1. The quantitative estimate of drug-likeness (QED) is 0.736. The first kappa shape index (κ1) is 18.3. The molecule has 0 radical (unpaired) electrons. The Hall–Kier alpha value is -2.09. The summed E-state index contributed by atoms with van der Waals surface area (Å²) in [7, 11) is 0. The number of nitrogens with two attached hydrogens (primary N) is 1. The number of nitrogens with one attached hydrogen (secondary N) is 2. The first-order valence-electron chi connectivity index (χ1n) is 9.31. The van der Waals surface area contributed by atoms with Crippen LogP contribution in [-0.2, 0) is 0 Å². The summed E-state index contributed by atoms with van der Waals surface area (Å²) in [5.41, 5.74) is 7.11. The Kier molecular flexibility index (Phi) is 5.33. The fourth-order valence-corrected chi connectivity index (χ4v) is 4.69. The van der Waals surface area contributed by atoms with E-state index in [9.17, 15) is 4.39 Å². The normalized spacial score (nSPS) is 28.0. The summed E-state index contributed by atoms with van der Waals surface area (Å²) in [5.74, 6) is 0.803. The monoisotopic (exact) mass is 385 g/mol. The maximum Gasteiger partial charge on any atom is 0.137 e. The van der Waals surface area contributed by atoms with E-state index in [4.69, 9.17) is 5.73 Å². The molecule has 0 aromatic carbocycles. The predicted molar refractivity (Wildman–Crippen MR) is 108 cm³/mol. The van der Waals surface area contributed by atoms with Gasteiger partial charge in [0.1, 0.15) is 16.7 Å². The number of hydrogen-bond acceptors (Lipinski definition) is 6. The van der Waals surface area contributed by atoms with Gasteiger partial charge in [0, 0.05) is 47.9 Å². The van der Waals surface area contributed by atoms with E-state index in [0.29, 0.717) is 6.54 Å². The molecule has 142 valence electrons. The molecule has 0 saturated carbocycles. The number of halogens is 1. The highest BCUT2D eigenvalue weighted by atomic mass is 32.1. The SMILES string of the molecule is NC1(C2CCCNC2)C=C(F)C=CC1CNc1csc(-c2ccncc2)n1. The van der Waals surface area contributed by atoms with Crippen LogP contribution in [0.3, 0.4) is 0 Å². The molecule has 4 N–H and O–H groups in total. The van der Waals surface area contributed by atoms with Crippen LogP contribution in [0.15, 0.2) is 54.0 Å². The molecule has 3 unspecified atom stereocenters. The van der Waals surface area contributed by atoms with Crippen molar-refractivity contribution in [2.45, 2.75) is 18.4 Å². The Morgan fingerprint density at radius 1 is 1.37 bits per heavy atom. The molecular formula is C20H24FN5S. The zero-order valence-corrected chi connectivity index (χ0v) is 15.9. The van der Waals surface area contributed by atoms with Gasteiger partial charge in [0.15, 0.2) is 0 Å². The van der Waals surface area contributed by atoms with Crippen LogP contribution < -0.4 is 16.4 Å². The molecule has 1 fully saturated rings. The molecule has 1 aliphatic carbocycles. The number of rotatable bonds is 5. The van der Waals surface area contributed by atoms with Crippen molar-refractivity contribution >= 4 is 17.2 Å². The van der Waals surface area contributed by atoms with Crippen molar-refractivity contribution in [3.8, 4) is 10.6 Å². The van der Waals surface area contributed by atoms with Gasteiger partial charge in [-0.1, -0.05) is 6.08 Å². The van der Waals surface area contributed by atoms with E-state index in [1.807, 2.05) is 23.6 Å². The van der Waals surface area contributed by atoms with Crippen molar-refractivity contribution in [1.82, 2.24) is 15.3 Å². The largest absolute Gasteiger partial charge is 0.369 e. The van der Waals surface area contributed by atoms with Gasteiger partial charge >= 0.3 is 0 Å². The number of allylic oxidation sites excluding steroid dienone is 2. The summed E-state index contributed by atoms with van der Waals surface area (Å²) in [6, 6.07) is 3.89. The van der Waals surface area contributed by atoms with Crippen LogP contribution >= 0.6 is 11.3 Å². The first-order valence-corrected chi connectivity index (χ1v) is 10.2. The minimum Gasteiger partial charge on any atom is -0.369 e. The third kappa shape index (κ3) is 3.95. The lowest BCUT2D eigenvalue weighted by molar-refractivity contribution is 0.215.